The molecule has 0 saturated carbocycles. The first-order valence-electron chi connectivity index (χ1n) is 13.7. The van der Waals surface area contributed by atoms with Crippen molar-refractivity contribution in [3.8, 4) is 0 Å². The molecule has 25 heteroatoms. The fraction of sp³-hybridized carbons (Fsp3) is 0.444. The Labute approximate surface area is 343 Å². The Morgan fingerprint density at radius 2 is 1.10 bits per heavy atom. The van der Waals surface area contributed by atoms with Crippen molar-refractivity contribution in [3.05, 3.63) is 54.4 Å². The quantitative estimate of drug-likeness (QED) is 0.287. The van der Waals surface area contributed by atoms with Crippen LogP contribution in [-0.2, 0) is 44.3 Å². The van der Waals surface area contributed by atoms with Gasteiger partial charge < -0.3 is 25.5 Å². The number of hydrogen-bond donors (Lipinski definition) is 1. The molecule has 0 radical (unpaired) electrons. The number of Topliss-reactive ketones (excluding diaryl/α,β-unsaturated/α-hetero) is 1. The van der Waals surface area contributed by atoms with Gasteiger partial charge in [-0.1, -0.05) is 77.0 Å². The fourth-order valence-electron chi connectivity index (χ4n) is 4.45. The summed E-state index contributed by atoms with van der Waals surface area (Å²) in [7, 11) is -8.32. The number of ketones is 1. The van der Waals surface area contributed by atoms with Gasteiger partial charge in [0.2, 0.25) is 0 Å². The summed E-state index contributed by atoms with van der Waals surface area (Å²) in [6.07, 6.45) is -1.04. The van der Waals surface area contributed by atoms with Crippen LogP contribution in [0.3, 0.4) is 0 Å². The normalized spacial score (nSPS) is 17.9. The predicted molar refractivity (Wildman–Crippen MR) is 195 cm³/mol. The Kier molecular flexibility index (Phi) is 22.6. The third kappa shape index (κ3) is 12.9. The van der Waals surface area contributed by atoms with Crippen molar-refractivity contribution in [3.63, 3.8) is 0 Å². The Morgan fingerprint density at radius 3 is 1.50 bits per heavy atom. The first kappa shape index (κ1) is 52.8. The van der Waals surface area contributed by atoms with E-state index in [0.717, 1.165) is 17.2 Å². The zero-order valence-electron chi connectivity index (χ0n) is 27.0. The van der Waals surface area contributed by atoms with Gasteiger partial charge in [0.1, 0.15) is 13.1 Å². The smallest absolute Gasteiger partial charge is 0.870 e. The molecule has 1 unspecified atom stereocenters. The minimum Gasteiger partial charge on any atom is -0.870 e. The van der Waals surface area contributed by atoms with E-state index < -0.39 is 70.4 Å². The van der Waals surface area contributed by atoms with E-state index in [1.54, 1.807) is 13.8 Å². The maximum Gasteiger partial charge on any atom is 1.00 e. The Morgan fingerprint density at radius 1 is 0.731 bits per heavy atom. The Hall–Kier alpha value is -1.31. The Bertz CT molecular complexity index is 1750. The minimum absolute atomic E-state index is 0. The summed E-state index contributed by atoms with van der Waals surface area (Å²) in [5.41, 5.74) is -0.0695. The number of nitrogens with zero attached hydrogens (tertiary/aromatic N) is 4. The third-order valence-corrected chi connectivity index (χ3v) is 11.5. The molecule has 2 aliphatic rings. The fourth-order valence-corrected chi connectivity index (χ4v) is 9.98. The largest absolute Gasteiger partial charge is 1.00 e. The van der Waals surface area contributed by atoms with Gasteiger partial charge in [0, 0.05) is 16.6 Å². The standard InChI is InChI=1S/C13H15Cl3N2O5S.C13H13Cl3N2O5S.CH4.Li.2H2O/c2*1-2-23-12(20)7-17-5-9(19)6-18(24(17,21)22)13-10(15)3-8(14)4-11(13)16;;;;/h3-4,9,19H,2,5-7H2,1H3;3-4H,2,5-7H2,1H3;1H4;;2*1H2/q;;;+1;;/p-1. The van der Waals surface area contributed by atoms with Crippen LogP contribution in [0.4, 0.5) is 11.4 Å². The minimum atomic E-state index is -4.19. The number of hydrogen-bond acceptors (Lipinski definition) is 11. The zero-order valence-corrected chi connectivity index (χ0v) is 33.2. The van der Waals surface area contributed by atoms with Gasteiger partial charge in [0.05, 0.1) is 70.4 Å². The molecule has 2 heterocycles. The van der Waals surface area contributed by atoms with Crippen molar-refractivity contribution in [2.75, 3.05) is 61.1 Å². The van der Waals surface area contributed by atoms with Crippen LogP contribution < -0.4 is 27.5 Å². The van der Waals surface area contributed by atoms with Gasteiger partial charge in [-0.2, -0.15) is 25.4 Å². The van der Waals surface area contributed by atoms with E-state index in [-0.39, 0.29) is 105 Å². The topological polar surface area (TPSA) is 233 Å². The first-order chi connectivity index (χ1) is 22.3. The van der Waals surface area contributed by atoms with E-state index in [0.29, 0.717) is 0 Å². The molecule has 290 valence electrons. The second-order valence-electron chi connectivity index (χ2n) is 9.85. The van der Waals surface area contributed by atoms with Gasteiger partial charge in [-0.05, 0) is 38.1 Å². The molecule has 0 spiro atoms. The summed E-state index contributed by atoms with van der Waals surface area (Å²) in [6, 6.07) is 5.32. The van der Waals surface area contributed by atoms with Gasteiger partial charge in [0.15, 0.2) is 5.78 Å². The maximum absolute atomic E-state index is 12.8. The van der Waals surface area contributed by atoms with Crippen LogP contribution in [0, 0.1) is 0 Å². The van der Waals surface area contributed by atoms with E-state index >= 15 is 0 Å². The SMILES string of the molecule is C.CCOC(=O)CN1CC(=O)CN(c2c(Cl)cc(Cl)cc2Cl)S1(=O)=O.CCOC(=O)CN1CC(O)CN(c2c(Cl)cc(Cl)cc2Cl)S1(=O)=O.O.[Li+].[OH-]. The number of rotatable bonds is 8. The van der Waals surface area contributed by atoms with E-state index in [1.165, 1.54) is 24.3 Å². The number of ether oxygens (including phenoxy) is 2. The average molecular weight is 891 g/mol. The van der Waals surface area contributed by atoms with Crippen molar-refractivity contribution in [1.29, 1.82) is 0 Å². The Balaban J connectivity index is 0. The average Bonchev–Trinajstić information content (AvgIpc) is 2.93. The molecule has 4 rings (SSSR count). The van der Waals surface area contributed by atoms with Gasteiger partial charge in [-0.3, -0.25) is 18.7 Å². The maximum atomic E-state index is 12.8. The van der Waals surface area contributed by atoms with Gasteiger partial charge in [0.25, 0.3) is 0 Å². The van der Waals surface area contributed by atoms with E-state index in [2.05, 4.69) is 0 Å². The number of halogens is 6. The number of carbonyl (C=O) groups is 3. The van der Waals surface area contributed by atoms with Gasteiger partial charge in [-0.25, -0.2) is 4.31 Å². The van der Waals surface area contributed by atoms with Crippen LogP contribution in [0.1, 0.15) is 21.3 Å². The molecule has 0 amide bonds. The molecule has 4 N–H and O–H groups in total. The summed E-state index contributed by atoms with van der Waals surface area (Å²) in [6.45, 7) is 0.956. The zero-order chi connectivity index (χ0) is 36.1. The summed E-state index contributed by atoms with van der Waals surface area (Å²) in [5, 5.41) is 10.5. The van der Waals surface area contributed by atoms with E-state index in [4.69, 9.17) is 79.1 Å². The van der Waals surface area contributed by atoms with Crippen molar-refractivity contribution < 1.29 is 75.6 Å². The van der Waals surface area contributed by atoms with Crippen LogP contribution in [0.5, 0.6) is 0 Å². The summed E-state index contributed by atoms with van der Waals surface area (Å²) >= 11 is 35.9. The number of esters is 2. The number of carbonyl (C=O) groups excluding carboxylic acids is 3. The monoisotopic (exact) mass is 888 g/mol. The molecule has 2 aromatic carbocycles. The van der Waals surface area contributed by atoms with Crippen LogP contribution >= 0.6 is 69.6 Å². The number of benzene rings is 2. The van der Waals surface area contributed by atoms with Gasteiger partial charge in [-0.15, -0.1) is 0 Å². The van der Waals surface area contributed by atoms with Crippen LogP contribution in [0.2, 0.25) is 30.1 Å². The molecular weight excluding hydrogens is 856 g/mol. The molecule has 0 aromatic heterocycles. The number of aliphatic hydroxyl groups is 1. The van der Waals surface area contributed by atoms with Gasteiger partial charge >= 0.3 is 51.2 Å². The number of β-amino-alcohol motifs (C(OH)–C–C–N with tert-alkyl or cyclic N) is 1. The predicted octanol–water partition coefficient (Wildman–Crippen LogP) is 0.722. The first-order valence-corrected chi connectivity index (χ1v) is 18.7. The van der Waals surface area contributed by atoms with Crippen LogP contribution in [0.15, 0.2) is 24.3 Å². The third-order valence-electron chi connectivity index (χ3n) is 6.36. The molecular formula is C27H35Cl6LiN4O12S2. The van der Waals surface area contributed by atoms with E-state index in [1.807, 2.05) is 0 Å². The number of aliphatic hydroxyl groups excluding tert-OH is 1. The number of anilines is 2. The molecule has 0 bridgehead atoms. The molecule has 2 aromatic rings. The molecule has 16 nitrogen and oxygen atoms in total. The summed E-state index contributed by atoms with van der Waals surface area (Å²) in [4.78, 5) is 35.2. The molecule has 2 aliphatic heterocycles. The van der Waals surface area contributed by atoms with E-state index in [9.17, 15) is 36.3 Å². The molecule has 0 aliphatic carbocycles. The second kappa shape index (κ2) is 22.3. The van der Waals surface area contributed by atoms with Crippen molar-refractivity contribution in [2.45, 2.75) is 27.4 Å². The summed E-state index contributed by atoms with van der Waals surface area (Å²) < 4.78 is 63.7. The van der Waals surface area contributed by atoms with Crippen LogP contribution in [-0.4, -0.2) is 118 Å². The molecule has 2 fully saturated rings. The van der Waals surface area contributed by atoms with Crippen molar-refractivity contribution in [1.82, 2.24) is 8.61 Å². The van der Waals surface area contributed by atoms with Crippen molar-refractivity contribution >= 4 is 119 Å². The molecule has 1 atom stereocenters. The second-order valence-corrected chi connectivity index (χ2v) is 16.1. The molecule has 52 heavy (non-hydrogen) atoms. The summed E-state index contributed by atoms with van der Waals surface area (Å²) in [5.74, 6) is -1.90. The molecule has 2 saturated heterocycles. The van der Waals surface area contributed by atoms with Crippen LogP contribution in [0.25, 0.3) is 0 Å². The van der Waals surface area contributed by atoms with Crippen molar-refractivity contribution in [2.24, 2.45) is 0 Å².